The second kappa shape index (κ2) is 7.70. The van der Waals surface area contributed by atoms with Gasteiger partial charge in [0.2, 0.25) is 0 Å². The number of nitro groups is 2. The minimum atomic E-state index is -0.938. The first-order valence-corrected chi connectivity index (χ1v) is 7.03. The zero-order valence-corrected chi connectivity index (χ0v) is 13.1. The van der Waals surface area contributed by atoms with Crippen molar-refractivity contribution < 1.29 is 24.2 Å². The molecule has 2 aromatic rings. The maximum absolute atomic E-state index is 11.9. The molecule has 2 aromatic carbocycles. The third-order valence-electron chi connectivity index (χ3n) is 3.14. The molecule has 11 nitrogen and oxygen atoms in total. The van der Waals surface area contributed by atoms with Crippen molar-refractivity contribution in [1.29, 1.82) is 0 Å². The van der Waals surface area contributed by atoms with Crippen LogP contribution in [0.5, 0.6) is 0 Å². The highest BCUT2D eigenvalue weighted by Gasteiger charge is 2.17. The van der Waals surface area contributed by atoms with Crippen LogP contribution in [-0.2, 0) is 9.53 Å². The molecule has 134 valence electrons. The summed E-state index contributed by atoms with van der Waals surface area (Å²) in [5.74, 6) is -1.66. The minimum absolute atomic E-state index is 0.126. The molecular formula is C15H12N4O7. The monoisotopic (exact) mass is 360 g/mol. The maximum Gasteiger partial charge on any atom is 0.340 e. The predicted molar refractivity (Wildman–Crippen MR) is 89.5 cm³/mol. The summed E-state index contributed by atoms with van der Waals surface area (Å²) < 4.78 is 4.79. The minimum Gasteiger partial charge on any atom is -0.452 e. The number of hydrogen-bond acceptors (Lipinski definition) is 8. The Morgan fingerprint density at radius 1 is 1.04 bits per heavy atom. The zero-order chi connectivity index (χ0) is 19.3. The molecule has 0 aliphatic heterocycles. The molecule has 0 bridgehead atoms. The highest BCUT2D eigenvalue weighted by Crippen LogP contribution is 2.20. The molecule has 0 atom stereocenters. The number of carbonyl (C=O) groups is 2. The highest BCUT2D eigenvalue weighted by atomic mass is 16.6. The number of nitro benzene ring substituents is 2. The van der Waals surface area contributed by atoms with Gasteiger partial charge in [-0.05, 0) is 12.1 Å². The lowest BCUT2D eigenvalue weighted by Crippen LogP contribution is -2.21. The molecule has 0 aliphatic rings. The molecule has 1 amide bonds. The molecule has 0 radical (unpaired) electrons. The summed E-state index contributed by atoms with van der Waals surface area (Å²) in [6.07, 6.45) is 0. The Balaban J connectivity index is 1.97. The number of carbonyl (C=O) groups excluding carboxylic acids is 2. The first kappa shape index (κ1) is 18.3. The Bertz CT molecular complexity index is 897. The molecule has 0 saturated carbocycles. The Morgan fingerprint density at radius 2 is 1.69 bits per heavy atom. The molecule has 2 rings (SSSR count). The summed E-state index contributed by atoms with van der Waals surface area (Å²) >= 11 is 0. The van der Waals surface area contributed by atoms with Crippen molar-refractivity contribution in [3.8, 4) is 0 Å². The van der Waals surface area contributed by atoms with Gasteiger partial charge in [0, 0.05) is 30.0 Å². The number of nitrogens with one attached hydrogen (secondary N) is 1. The van der Waals surface area contributed by atoms with Gasteiger partial charge in [0.05, 0.1) is 21.1 Å². The topological polar surface area (TPSA) is 168 Å². The van der Waals surface area contributed by atoms with Crippen LogP contribution in [0.25, 0.3) is 0 Å². The van der Waals surface area contributed by atoms with Crippen molar-refractivity contribution in [2.45, 2.75) is 0 Å². The summed E-state index contributed by atoms with van der Waals surface area (Å²) in [6, 6.07) is 8.42. The molecule has 0 heterocycles. The van der Waals surface area contributed by atoms with Crippen molar-refractivity contribution in [3.63, 3.8) is 0 Å². The summed E-state index contributed by atoms with van der Waals surface area (Å²) in [6.45, 7) is -0.669. The van der Waals surface area contributed by atoms with Gasteiger partial charge in [0.25, 0.3) is 17.3 Å². The van der Waals surface area contributed by atoms with Crippen molar-refractivity contribution in [2.75, 3.05) is 17.7 Å². The van der Waals surface area contributed by atoms with Gasteiger partial charge in [0.1, 0.15) is 0 Å². The second-order valence-corrected chi connectivity index (χ2v) is 4.96. The molecule has 0 aliphatic carbocycles. The number of rotatable bonds is 6. The van der Waals surface area contributed by atoms with Gasteiger partial charge in [-0.15, -0.1) is 0 Å². The van der Waals surface area contributed by atoms with Gasteiger partial charge in [-0.1, -0.05) is 6.07 Å². The number of nitrogens with zero attached hydrogens (tertiary/aromatic N) is 2. The molecular weight excluding hydrogens is 348 g/mol. The van der Waals surface area contributed by atoms with E-state index in [1.54, 1.807) is 0 Å². The Morgan fingerprint density at radius 3 is 2.31 bits per heavy atom. The Labute approximate surface area is 145 Å². The van der Waals surface area contributed by atoms with E-state index in [1.165, 1.54) is 18.2 Å². The number of non-ortho nitro benzene ring substituents is 2. The number of ether oxygens (including phenoxy) is 1. The second-order valence-electron chi connectivity index (χ2n) is 4.96. The summed E-state index contributed by atoms with van der Waals surface area (Å²) in [7, 11) is 0. The molecule has 26 heavy (non-hydrogen) atoms. The zero-order valence-electron chi connectivity index (χ0n) is 13.1. The van der Waals surface area contributed by atoms with Gasteiger partial charge in [-0.25, -0.2) is 4.79 Å². The number of amides is 1. The number of nitrogens with two attached hydrogens (primary N) is 1. The summed E-state index contributed by atoms with van der Waals surface area (Å²) in [5, 5.41) is 23.6. The van der Waals surface area contributed by atoms with Crippen LogP contribution in [0.3, 0.4) is 0 Å². The van der Waals surface area contributed by atoms with Crippen LogP contribution in [-0.4, -0.2) is 28.3 Å². The van der Waals surface area contributed by atoms with Gasteiger partial charge < -0.3 is 15.8 Å². The lowest BCUT2D eigenvalue weighted by molar-refractivity contribution is -0.385. The van der Waals surface area contributed by atoms with Gasteiger partial charge in [-0.3, -0.25) is 25.0 Å². The van der Waals surface area contributed by atoms with E-state index in [9.17, 15) is 29.8 Å². The average Bonchev–Trinajstić information content (AvgIpc) is 2.59. The smallest absolute Gasteiger partial charge is 0.340 e. The van der Waals surface area contributed by atoms with Crippen LogP contribution < -0.4 is 11.1 Å². The molecule has 0 saturated heterocycles. The fraction of sp³-hybridized carbons (Fsp3) is 0.0667. The first-order valence-electron chi connectivity index (χ1n) is 7.03. The number of nitrogen functional groups attached to an aromatic ring is 1. The normalized spacial score (nSPS) is 10.0. The van der Waals surface area contributed by atoms with E-state index in [-0.39, 0.29) is 28.3 Å². The Kier molecular flexibility index (Phi) is 5.43. The number of hydrogen-bond donors (Lipinski definition) is 2. The van der Waals surface area contributed by atoms with E-state index in [0.717, 1.165) is 24.3 Å². The van der Waals surface area contributed by atoms with Crippen LogP contribution in [0.15, 0.2) is 42.5 Å². The summed E-state index contributed by atoms with van der Waals surface area (Å²) in [5.41, 5.74) is 4.94. The quantitative estimate of drug-likeness (QED) is 0.340. The van der Waals surface area contributed by atoms with Gasteiger partial charge in [-0.2, -0.15) is 0 Å². The van der Waals surface area contributed by atoms with E-state index in [0.29, 0.717) is 0 Å². The van der Waals surface area contributed by atoms with Crippen molar-refractivity contribution in [3.05, 3.63) is 68.3 Å². The number of esters is 1. The third kappa shape index (κ3) is 4.50. The molecule has 0 aromatic heterocycles. The fourth-order valence-electron chi connectivity index (χ4n) is 1.95. The lowest BCUT2D eigenvalue weighted by atomic mass is 10.1. The van der Waals surface area contributed by atoms with Crippen LogP contribution in [0.2, 0.25) is 0 Å². The average molecular weight is 360 g/mol. The first-order chi connectivity index (χ1) is 12.3. The molecule has 0 unspecified atom stereocenters. The van der Waals surface area contributed by atoms with Crippen LogP contribution in [0.4, 0.5) is 22.7 Å². The van der Waals surface area contributed by atoms with Gasteiger partial charge >= 0.3 is 5.97 Å². The molecule has 11 heteroatoms. The Hall–Kier alpha value is -4.02. The highest BCUT2D eigenvalue weighted by molar-refractivity contribution is 5.98. The predicted octanol–water partition coefficient (Wildman–Crippen LogP) is 1.88. The molecule has 3 N–H and O–H groups in total. The third-order valence-corrected chi connectivity index (χ3v) is 3.14. The van der Waals surface area contributed by atoms with Crippen molar-refractivity contribution in [2.24, 2.45) is 0 Å². The number of benzene rings is 2. The van der Waals surface area contributed by atoms with E-state index >= 15 is 0 Å². The SMILES string of the molecule is Nc1cc([N+](=O)[O-])ccc1C(=O)OCC(=O)Nc1cccc([N+](=O)[O-])c1. The van der Waals surface area contributed by atoms with Crippen molar-refractivity contribution in [1.82, 2.24) is 0 Å². The van der Waals surface area contributed by atoms with E-state index < -0.39 is 28.3 Å². The van der Waals surface area contributed by atoms with E-state index in [1.807, 2.05) is 0 Å². The van der Waals surface area contributed by atoms with E-state index in [4.69, 9.17) is 10.5 Å². The number of anilines is 2. The van der Waals surface area contributed by atoms with Gasteiger partial charge in [0.15, 0.2) is 6.61 Å². The standard InChI is InChI=1S/C15H12N4O7/c16-13-7-11(19(24)25)4-5-12(13)15(21)26-8-14(20)17-9-2-1-3-10(6-9)18(22)23/h1-7H,8,16H2,(H,17,20). The van der Waals surface area contributed by atoms with E-state index in [2.05, 4.69) is 5.32 Å². The lowest BCUT2D eigenvalue weighted by Gasteiger charge is -2.08. The largest absolute Gasteiger partial charge is 0.452 e. The fourth-order valence-corrected chi connectivity index (χ4v) is 1.95. The van der Waals surface area contributed by atoms with Crippen LogP contribution in [0.1, 0.15) is 10.4 Å². The molecule has 0 spiro atoms. The van der Waals surface area contributed by atoms with Crippen molar-refractivity contribution >= 4 is 34.6 Å². The summed E-state index contributed by atoms with van der Waals surface area (Å²) in [4.78, 5) is 43.7. The van der Waals surface area contributed by atoms with Crippen LogP contribution >= 0.6 is 0 Å². The van der Waals surface area contributed by atoms with Crippen LogP contribution in [0, 0.1) is 20.2 Å². The molecule has 0 fully saturated rings. The maximum atomic E-state index is 11.9.